The number of hydrogen-bond donors (Lipinski definition) is 1. The SMILES string of the molecule is NS(=O)(=O)c1ccc(N2C(=O)[C@@H]3[C@@H](C2=O)[C@H]2C=C[C@H]3C2)cc1. The van der Waals surface area contributed by atoms with Crippen LogP contribution in [-0.4, -0.2) is 20.2 Å². The summed E-state index contributed by atoms with van der Waals surface area (Å²) in [6.07, 6.45) is 4.94. The fourth-order valence-corrected chi connectivity index (χ4v) is 4.46. The van der Waals surface area contributed by atoms with Gasteiger partial charge in [0.05, 0.1) is 22.4 Å². The molecule has 6 nitrogen and oxygen atoms in total. The van der Waals surface area contributed by atoms with Gasteiger partial charge in [-0.3, -0.25) is 14.5 Å². The Morgan fingerprint density at radius 2 is 1.45 bits per heavy atom. The third kappa shape index (κ3) is 1.72. The second kappa shape index (κ2) is 4.27. The summed E-state index contributed by atoms with van der Waals surface area (Å²) in [5.41, 5.74) is 0.399. The molecule has 4 atom stereocenters. The predicted octanol–water partition coefficient (Wildman–Crippen LogP) is 0.645. The lowest BCUT2D eigenvalue weighted by Gasteiger charge is -2.17. The number of carbonyl (C=O) groups is 2. The zero-order valence-corrected chi connectivity index (χ0v) is 12.4. The first kappa shape index (κ1) is 13.7. The minimum atomic E-state index is -3.79. The molecule has 1 aliphatic heterocycles. The molecule has 2 aliphatic carbocycles. The molecule has 2 bridgehead atoms. The van der Waals surface area contributed by atoms with E-state index in [0.29, 0.717) is 5.69 Å². The Bertz CT molecular complexity index is 782. The summed E-state index contributed by atoms with van der Waals surface area (Å²) >= 11 is 0. The molecule has 114 valence electrons. The summed E-state index contributed by atoms with van der Waals surface area (Å²) in [4.78, 5) is 26.3. The van der Waals surface area contributed by atoms with E-state index in [1.54, 1.807) is 0 Å². The summed E-state index contributed by atoms with van der Waals surface area (Å²) in [6.45, 7) is 0. The molecule has 22 heavy (non-hydrogen) atoms. The highest BCUT2D eigenvalue weighted by Gasteiger charge is 2.59. The maximum absolute atomic E-state index is 12.6. The van der Waals surface area contributed by atoms with Gasteiger partial charge in [0.1, 0.15) is 0 Å². The van der Waals surface area contributed by atoms with E-state index < -0.39 is 10.0 Å². The molecule has 3 aliphatic rings. The first-order valence-corrected chi connectivity index (χ1v) is 8.61. The number of primary sulfonamides is 1. The largest absolute Gasteiger partial charge is 0.274 e. The number of amides is 2. The standard InChI is InChI=1S/C15H14N2O4S/c16-22(20,21)11-5-3-10(4-6-11)17-14(18)12-8-1-2-9(7-8)13(12)15(17)19/h1-6,8-9,12-13H,7H2,(H2,16,20,21)/t8-,9-,12-,13-/m0/s1. The average Bonchev–Trinajstić information content (AvgIpc) is 3.12. The van der Waals surface area contributed by atoms with Gasteiger partial charge in [-0.15, -0.1) is 0 Å². The van der Waals surface area contributed by atoms with E-state index in [4.69, 9.17) is 5.14 Å². The highest BCUT2D eigenvalue weighted by atomic mass is 32.2. The summed E-state index contributed by atoms with van der Waals surface area (Å²) < 4.78 is 22.5. The van der Waals surface area contributed by atoms with Gasteiger partial charge in [-0.05, 0) is 42.5 Å². The van der Waals surface area contributed by atoms with Crippen LogP contribution in [0, 0.1) is 23.7 Å². The Kier molecular flexibility index (Phi) is 2.65. The average molecular weight is 318 g/mol. The van der Waals surface area contributed by atoms with Crippen LogP contribution in [0.3, 0.4) is 0 Å². The second-order valence-electron chi connectivity index (χ2n) is 6.05. The highest BCUT2D eigenvalue weighted by molar-refractivity contribution is 7.89. The van der Waals surface area contributed by atoms with Gasteiger partial charge in [0.25, 0.3) is 0 Å². The molecule has 2 N–H and O–H groups in total. The lowest BCUT2D eigenvalue weighted by Crippen LogP contribution is -2.32. The Labute approximate surface area is 127 Å². The van der Waals surface area contributed by atoms with E-state index >= 15 is 0 Å². The van der Waals surface area contributed by atoms with Crippen LogP contribution >= 0.6 is 0 Å². The number of imide groups is 1. The maximum atomic E-state index is 12.6. The van der Waals surface area contributed by atoms with E-state index in [-0.39, 0.29) is 40.4 Å². The number of sulfonamides is 1. The minimum Gasteiger partial charge on any atom is -0.274 e. The third-order valence-corrected chi connectivity index (χ3v) is 5.82. The molecule has 7 heteroatoms. The van der Waals surface area contributed by atoms with Crippen LogP contribution in [-0.2, 0) is 19.6 Å². The topological polar surface area (TPSA) is 97.5 Å². The van der Waals surface area contributed by atoms with Crippen molar-refractivity contribution >= 4 is 27.5 Å². The van der Waals surface area contributed by atoms with Crippen molar-refractivity contribution in [2.75, 3.05) is 4.90 Å². The van der Waals surface area contributed by atoms with Gasteiger partial charge in [0.15, 0.2) is 0 Å². The van der Waals surface area contributed by atoms with Crippen molar-refractivity contribution in [1.82, 2.24) is 0 Å². The van der Waals surface area contributed by atoms with Gasteiger partial charge in [0.2, 0.25) is 21.8 Å². The van der Waals surface area contributed by atoms with Crippen molar-refractivity contribution in [3.63, 3.8) is 0 Å². The number of anilines is 1. The van der Waals surface area contributed by atoms with E-state index in [0.717, 1.165) is 6.42 Å². The fraction of sp³-hybridized carbons (Fsp3) is 0.333. The lowest BCUT2D eigenvalue weighted by molar-refractivity contribution is -0.123. The van der Waals surface area contributed by atoms with Crippen molar-refractivity contribution in [1.29, 1.82) is 0 Å². The Morgan fingerprint density at radius 3 is 1.91 bits per heavy atom. The van der Waals surface area contributed by atoms with Crippen LogP contribution in [0.4, 0.5) is 5.69 Å². The van der Waals surface area contributed by atoms with Crippen LogP contribution in [0.15, 0.2) is 41.3 Å². The number of carbonyl (C=O) groups excluding carboxylic acids is 2. The fourth-order valence-electron chi connectivity index (χ4n) is 3.94. The van der Waals surface area contributed by atoms with Gasteiger partial charge in [-0.1, -0.05) is 12.2 Å². The summed E-state index contributed by atoms with van der Waals surface area (Å²) in [5.74, 6) is -0.591. The quantitative estimate of drug-likeness (QED) is 0.639. The summed E-state index contributed by atoms with van der Waals surface area (Å²) in [5, 5.41) is 5.05. The first-order valence-electron chi connectivity index (χ1n) is 7.07. The van der Waals surface area contributed by atoms with Gasteiger partial charge in [-0.25, -0.2) is 13.6 Å². The molecule has 4 rings (SSSR count). The molecular weight excluding hydrogens is 304 g/mol. The highest BCUT2D eigenvalue weighted by Crippen LogP contribution is 2.53. The van der Waals surface area contributed by atoms with E-state index in [9.17, 15) is 18.0 Å². The number of rotatable bonds is 2. The number of fused-ring (bicyclic) bond motifs is 5. The van der Waals surface area contributed by atoms with Crippen LogP contribution in [0.1, 0.15) is 6.42 Å². The van der Waals surface area contributed by atoms with E-state index in [1.165, 1.54) is 29.2 Å². The molecule has 0 radical (unpaired) electrons. The zero-order chi connectivity index (χ0) is 15.6. The second-order valence-corrected chi connectivity index (χ2v) is 7.61. The smallest absolute Gasteiger partial charge is 0.238 e. The number of allylic oxidation sites excluding steroid dienone is 2. The molecule has 2 amide bonds. The Balaban J connectivity index is 1.70. The molecule has 1 heterocycles. The number of hydrogen-bond acceptors (Lipinski definition) is 4. The normalized spacial score (nSPS) is 32.9. The van der Waals surface area contributed by atoms with Gasteiger partial charge in [-0.2, -0.15) is 0 Å². The number of nitrogens with two attached hydrogens (primary N) is 1. The van der Waals surface area contributed by atoms with Crippen molar-refractivity contribution in [2.24, 2.45) is 28.8 Å². The van der Waals surface area contributed by atoms with Crippen molar-refractivity contribution < 1.29 is 18.0 Å². The number of nitrogens with zero attached hydrogens (tertiary/aromatic N) is 1. The molecule has 0 aromatic heterocycles. The molecule has 1 saturated heterocycles. The van der Waals surface area contributed by atoms with Gasteiger partial charge in [0, 0.05) is 0 Å². The Morgan fingerprint density at radius 1 is 0.955 bits per heavy atom. The molecule has 2 fully saturated rings. The van der Waals surface area contributed by atoms with Crippen LogP contribution < -0.4 is 10.0 Å². The molecule has 1 aromatic rings. The molecule has 0 spiro atoms. The monoisotopic (exact) mass is 318 g/mol. The molecule has 0 unspecified atom stereocenters. The van der Waals surface area contributed by atoms with Crippen LogP contribution in [0.5, 0.6) is 0 Å². The molecule has 1 aromatic carbocycles. The van der Waals surface area contributed by atoms with Crippen LogP contribution in [0.2, 0.25) is 0 Å². The van der Waals surface area contributed by atoms with E-state index in [1.807, 2.05) is 12.2 Å². The summed E-state index contributed by atoms with van der Waals surface area (Å²) in [7, 11) is -3.79. The molecule has 1 saturated carbocycles. The summed E-state index contributed by atoms with van der Waals surface area (Å²) in [6, 6.07) is 5.52. The molecular formula is C15H14N2O4S. The lowest BCUT2D eigenvalue weighted by atomic mass is 9.85. The Hall–Kier alpha value is -1.99. The maximum Gasteiger partial charge on any atom is 0.238 e. The zero-order valence-electron chi connectivity index (χ0n) is 11.5. The van der Waals surface area contributed by atoms with Gasteiger partial charge >= 0.3 is 0 Å². The van der Waals surface area contributed by atoms with Crippen LogP contribution in [0.25, 0.3) is 0 Å². The van der Waals surface area contributed by atoms with E-state index in [2.05, 4.69) is 0 Å². The van der Waals surface area contributed by atoms with Crippen molar-refractivity contribution in [3.8, 4) is 0 Å². The van der Waals surface area contributed by atoms with Gasteiger partial charge < -0.3 is 0 Å². The predicted molar refractivity (Wildman–Crippen MR) is 78.0 cm³/mol. The van der Waals surface area contributed by atoms with Crippen molar-refractivity contribution in [2.45, 2.75) is 11.3 Å². The number of benzene rings is 1. The third-order valence-electron chi connectivity index (χ3n) is 4.89. The van der Waals surface area contributed by atoms with Crippen molar-refractivity contribution in [3.05, 3.63) is 36.4 Å². The first-order chi connectivity index (χ1) is 10.4. The minimum absolute atomic E-state index is 0.0442.